The average molecular weight is 426 g/mol. The van der Waals surface area contributed by atoms with Gasteiger partial charge in [0.05, 0.1) is 12.2 Å². The number of hydrogen-bond donors (Lipinski definition) is 2. The summed E-state index contributed by atoms with van der Waals surface area (Å²) in [6.45, 7) is 4.60. The van der Waals surface area contributed by atoms with Gasteiger partial charge in [-0.15, -0.1) is 0 Å². The second-order valence-corrected chi connectivity index (χ2v) is 7.98. The quantitative estimate of drug-likeness (QED) is 0.734. The number of carbonyl (C=O) groups excluding carboxylic acids is 1. The molecule has 0 bridgehead atoms. The number of anilines is 1. The van der Waals surface area contributed by atoms with E-state index in [-0.39, 0.29) is 23.7 Å². The van der Waals surface area contributed by atoms with E-state index >= 15 is 0 Å². The molecule has 1 aromatic carbocycles. The summed E-state index contributed by atoms with van der Waals surface area (Å²) in [4.78, 5) is 25.3. The third-order valence-electron chi connectivity index (χ3n) is 4.81. The minimum absolute atomic E-state index is 0.0450. The maximum atomic E-state index is 13.6. The molecule has 1 aliphatic heterocycles. The van der Waals surface area contributed by atoms with Crippen molar-refractivity contribution in [1.29, 1.82) is 0 Å². The third-order valence-corrected chi connectivity index (χ3v) is 4.81. The predicted molar refractivity (Wildman–Crippen MR) is 99.2 cm³/mol. The van der Waals surface area contributed by atoms with Gasteiger partial charge in [0.2, 0.25) is 0 Å². The Labute approximate surface area is 170 Å². The van der Waals surface area contributed by atoms with E-state index in [1.165, 1.54) is 0 Å². The number of halogens is 3. The van der Waals surface area contributed by atoms with Crippen LogP contribution < -0.4 is 5.06 Å². The van der Waals surface area contributed by atoms with Crippen molar-refractivity contribution >= 4 is 17.7 Å². The van der Waals surface area contributed by atoms with Crippen LogP contribution in [0.1, 0.15) is 37.7 Å². The normalized spacial score (nSPS) is 17.1. The number of carbonyl (C=O) groups is 2. The van der Waals surface area contributed by atoms with Crippen LogP contribution in [0.5, 0.6) is 0 Å². The summed E-state index contributed by atoms with van der Waals surface area (Å²) in [6.07, 6.45) is -6.70. The summed E-state index contributed by atoms with van der Waals surface area (Å²) in [5.74, 6) is -1.16. The number of benzene rings is 1. The highest BCUT2D eigenvalue weighted by molar-refractivity contribution is 6.00. The van der Waals surface area contributed by atoms with Gasteiger partial charge in [-0.1, -0.05) is 30.3 Å². The molecule has 11 heteroatoms. The highest BCUT2D eigenvalue weighted by Crippen LogP contribution is 2.41. The molecule has 2 N–H and O–H groups in total. The molecule has 2 aromatic rings. The van der Waals surface area contributed by atoms with Crippen molar-refractivity contribution in [2.24, 2.45) is 0 Å². The minimum atomic E-state index is -4.92. The monoisotopic (exact) mass is 426 g/mol. The number of carboxylic acid groups (broad SMARTS) is 1. The smallest absolute Gasteiger partial charge is 0.437 e. The molecular formula is C19H21F3N4O4. The van der Waals surface area contributed by atoms with Crippen molar-refractivity contribution in [1.82, 2.24) is 14.7 Å². The van der Waals surface area contributed by atoms with Gasteiger partial charge >= 0.3 is 12.3 Å². The van der Waals surface area contributed by atoms with Crippen molar-refractivity contribution < 1.29 is 33.1 Å². The van der Waals surface area contributed by atoms with Gasteiger partial charge in [-0.25, -0.2) is 4.79 Å². The van der Waals surface area contributed by atoms with Gasteiger partial charge in [0, 0.05) is 12.0 Å². The molecule has 3 rings (SSSR count). The fourth-order valence-corrected chi connectivity index (χ4v) is 3.60. The van der Waals surface area contributed by atoms with Crippen LogP contribution in [-0.4, -0.2) is 48.6 Å². The number of hydrogen-bond acceptors (Lipinski definition) is 4. The van der Waals surface area contributed by atoms with Gasteiger partial charge in [0.25, 0.3) is 5.91 Å². The summed E-state index contributed by atoms with van der Waals surface area (Å²) in [7, 11) is 0. The molecule has 1 aliphatic rings. The molecule has 0 saturated heterocycles. The van der Waals surface area contributed by atoms with Crippen LogP contribution in [0, 0.1) is 0 Å². The molecule has 0 aliphatic carbocycles. The molecule has 2 amide bonds. The van der Waals surface area contributed by atoms with Gasteiger partial charge in [0.1, 0.15) is 11.7 Å². The highest BCUT2D eigenvalue weighted by atomic mass is 19.4. The molecule has 0 saturated carbocycles. The van der Waals surface area contributed by atoms with Crippen LogP contribution in [0.2, 0.25) is 0 Å². The Kier molecular flexibility index (Phi) is 5.27. The number of hydroxylamine groups is 1. The zero-order valence-corrected chi connectivity index (χ0v) is 16.5. The van der Waals surface area contributed by atoms with Crippen LogP contribution in [0.4, 0.5) is 23.7 Å². The van der Waals surface area contributed by atoms with Crippen molar-refractivity contribution in [3.63, 3.8) is 0 Å². The van der Waals surface area contributed by atoms with Crippen molar-refractivity contribution in [3.8, 4) is 0 Å². The number of fused-ring (bicyclic) bond motifs is 1. The molecule has 0 unspecified atom stereocenters. The molecule has 30 heavy (non-hydrogen) atoms. The molecule has 1 aromatic heterocycles. The first-order valence-corrected chi connectivity index (χ1v) is 9.08. The number of rotatable bonds is 3. The van der Waals surface area contributed by atoms with Crippen LogP contribution in [0.3, 0.4) is 0 Å². The molecule has 0 fully saturated rings. The van der Waals surface area contributed by atoms with Crippen molar-refractivity contribution in [2.45, 2.75) is 51.5 Å². The highest BCUT2D eigenvalue weighted by Gasteiger charge is 2.49. The van der Waals surface area contributed by atoms with Gasteiger partial charge in [-0.05, 0) is 26.3 Å². The second kappa shape index (κ2) is 7.31. The zero-order valence-electron chi connectivity index (χ0n) is 16.5. The molecule has 0 radical (unpaired) electrons. The van der Waals surface area contributed by atoms with Gasteiger partial charge in [-0.3, -0.25) is 19.6 Å². The van der Waals surface area contributed by atoms with Crippen LogP contribution in [0.25, 0.3) is 0 Å². The second-order valence-electron chi connectivity index (χ2n) is 7.98. The number of nitrogens with zero attached hydrogens (tertiary/aromatic N) is 4. The largest absolute Gasteiger partial charge is 0.465 e. The standard InChI is InChI=1S/C19H21F3N4O4/c1-18(2,3)25(17(28)29)13-9-12-14(26(30)16(13)27)15(19(20,21)22)23-24(12)10-11-7-5-4-6-8-11/h4-8,13,30H,9-10H2,1-3H3,(H,28,29)/t13-/m0/s1. The van der Waals surface area contributed by atoms with Crippen LogP contribution in [0.15, 0.2) is 30.3 Å². The van der Waals surface area contributed by atoms with Gasteiger partial charge in [-0.2, -0.15) is 23.3 Å². The lowest BCUT2D eigenvalue weighted by Crippen LogP contribution is -2.59. The minimum Gasteiger partial charge on any atom is -0.465 e. The fourth-order valence-electron chi connectivity index (χ4n) is 3.60. The Morgan fingerprint density at radius 2 is 1.83 bits per heavy atom. The fraction of sp³-hybridized carbons (Fsp3) is 0.421. The Hall–Kier alpha value is -3.08. The number of aromatic nitrogens is 2. The van der Waals surface area contributed by atoms with E-state index in [0.29, 0.717) is 5.56 Å². The Morgan fingerprint density at radius 3 is 2.33 bits per heavy atom. The van der Waals surface area contributed by atoms with E-state index in [0.717, 1.165) is 9.58 Å². The number of alkyl halides is 3. The van der Waals surface area contributed by atoms with Crippen LogP contribution in [-0.2, 0) is 23.9 Å². The lowest BCUT2D eigenvalue weighted by molar-refractivity contribution is -0.142. The Morgan fingerprint density at radius 1 is 1.23 bits per heavy atom. The topological polar surface area (TPSA) is 98.9 Å². The Bertz CT molecular complexity index is 967. The molecule has 2 heterocycles. The van der Waals surface area contributed by atoms with E-state index < -0.39 is 41.1 Å². The first-order valence-electron chi connectivity index (χ1n) is 9.08. The van der Waals surface area contributed by atoms with E-state index in [1.54, 1.807) is 51.1 Å². The summed E-state index contributed by atoms with van der Waals surface area (Å²) < 4.78 is 41.8. The third kappa shape index (κ3) is 3.84. The maximum Gasteiger partial charge on any atom is 0.437 e. The summed E-state index contributed by atoms with van der Waals surface area (Å²) in [5, 5.41) is 23.4. The molecule has 8 nitrogen and oxygen atoms in total. The zero-order chi connectivity index (χ0) is 22.4. The summed E-state index contributed by atoms with van der Waals surface area (Å²) in [5.41, 5.74) is -2.63. The summed E-state index contributed by atoms with van der Waals surface area (Å²) in [6, 6.07) is 7.16. The van der Waals surface area contributed by atoms with E-state index in [1.807, 2.05) is 0 Å². The van der Waals surface area contributed by atoms with Crippen molar-refractivity contribution in [3.05, 3.63) is 47.3 Å². The molecular weight excluding hydrogens is 405 g/mol. The van der Waals surface area contributed by atoms with Gasteiger partial charge < -0.3 is 5.11 Å². The lowest BCUT2D eigenvalue weighted by atomic mass is 9.96. The van der Waals surface area contributed by atoms with E-state index in [4.69, 9.17) is 0 Å². The first kappa shape index (κ1) is 21.6. The molecule has 0 spiro atoms. The summed E-state index contributed by atoms with van der Waals surface area (Å²) >= 11 is 0. The molecule has 1 atom stereocenters. The lowest BCUT2D eigenvalue weighted by Gasteiger charge is -2.41. The first-order chi connectivity index (χ1) is 13.8. The number of amides is 2. The SMILES string of the molecule is CC(C)(C)N(C(=O)O)[C@H]1Cc2c(c(C(F)(F)F)nn2Cc2ccccc2)N(O)C1=O. The van der Waals surface area contributed by atoms with Gasteiger partial charge in [0.15, 0.2) is 5.69 Å². The van der Waals surface area contributed by atoms with E-state index in [2.05, 4.69) is 5.10 Å². The van der Waals surface area contributed by atoms with Crippen molar-refractivity contribution in [2.75, 3.05) is 5.06 Å². The predicted octanol–water partition coefficient (Wildman–Crippen LogP) is 3.38. The maximum absolute atomic E-state index is 13.6. The molecule has 162 valence electrons. The average Bonchev–Trinajstić information content (AvgIpc) is 2.97. The van der Waals surface area contributed by atoms with Crippen LogP contribution >= 0.6 is 0 Å². The van der Waals surface area contributed by atoms with E-state index in [9.17, 15) is 33.1 Å². The Balaban J connectivity index is 2.15.